The van der Waals surface area contributed by atoms with Gasteiger partial charge in [-0.1, -0.05) is 17.3 Å². The van der Waals surface area contributed by atoms with Crippen LogP contribution in [0.3, 0.4) is 0 Å². The summed E-state index contributed by atoms with van der Waals surface area (Å²) in [6, 6.07) is 14.8. The molecule has 0 bridgehead atoms. The molecule has 5 rings (SSSR count). The fraction of sp³-hybridized carbons (Fsp3) is 0.261. The van der Waals surface area contributed by atoms with Crippen LogP contribution in [0.5, 0.6) is 11.5 Å². The van der Waals surface area contributed by atoms with Gasteiger partial charge in [0.1, 0.15) is 17.6 Å². The molecule has 0 amide bonds. The molecule has 0 fully saturated rings. The molecule has 8 nitrogen and oxygen atoms in total. The smallest absolute Gasteiger partial charge is 0.494 e. The zero-order valence-corrected chi connectivity index (χ0v) is 18.0. The van der Waals surface area contributed by atoms with E-state index < -0.39 is 6.36 Å². The van der Waals surface area contributed by atoms with E-state index in [2.05, 4.69) is 20.0 Å². The van der Waals surface area contributed by atoms with Crippen molar-refractivity contribution in [2.75, 3.05) is 6.61 Å². The lowest BCUT2D eigenvalue weighted by molar-refractivity contribution is -0.274. The standard InChI is InChI=1S/C23H19F3N4O4/c1-2-31-17-7-3-14(4-8-17)20-12-30-16(13-32-20)11-19(28-30)22-27-21(29-34-22)15-5-9-18(10-6-15)33-23(24,25)26/h3-11,20H,2,12-13H2,1H3/t20-/m0/s1. The average molecular weight is 472 g/mol. The first-order valence-corrected chi connectivity index (χ1v) is 10.5. The van der Waals surface area contributed by atoms with Crippen molar-refractivity contribution in [2.24, 2.45) is 0 Å². The van der Waals surface area contributed by atoms with Crippen LogP contribution in [0.1, 0.15) is 24.3 Å². The Labute approximate surface area is 191 Å². The van der Waals surface area contributed by atoms with Crippen LogP contribution in [0.2, 0.25) is 0 Å². The third kappa shape index (κ3) is 4.74. The van der Waals surface area contributed by atoms with E-state index in [4.69, 9.17) is 14.0 Å². The van der Waals surface area contributed by atoms with Crippen molar-refractivity contribution in [1.29, 1.82) is 0 Å². The fourth-order valence-corrected chi connectivity index (χ4v) is 3.63. The van der Waals surface area contributed by atoms with E-state index in [1.807, 2.05) is 41.9 Å². The molecule has 0 spiro atoms. The molecule has 0 saturated carbocycles. The first kappa shape index (κ1) is 22.0. The van der Waals surface area contributed by atoms with E-state index in [0.717, 1.165) is 17.0 Å². The van der Waals surface area contributed by atoms with Crippen molar-refractivity contribution >= 4 is 0 Å². The molecule has 2 aromatic heterocycles. The number of nitrogens with zero attached hydrogens (tertiary/aromatic N) is 4. The summed E-state index contributed by atoms with van der Waals surface area (Å²) in [7, 11) is 0. The molecule has 11 heteroatoms. The SMILES string of the molecule is CCOc1ccc([C@@H]2Cn3nc(-c4nc(-c5ccc(OC(F)(F)F)cc5)no4)cc3CO2)cc1. The van der Waals surface area contributed by atoms with Gasteiger partial charge in [0.2, 0.25) is 5.82 Å². The summed E-state index contributed by atoms with van der Waals surface area (Å²) in [5, 5.41) is 8.49. The van der Waals surface area contributed by atoms with Gasteiger partial charge in [0.25, 0.3) is 5.89 Å². The summed E-state index contributed by atoms with van der Waals surface area (Å²) < 4.78 is 59.5. The Morgan fingerprint density at radius 3 is 2.50 bits per heavy atom. The highest BCUT2D eigenvalue weighted by molar-refractivity contribution is 5.59. The molecular weight excluding hydrogens is 453 g/mol. The van der Waals surface area contributed by atoms with Gasteiger partial charge in [-0.05, 0) is 55.0 Å². The highest BCUT2D eigenvalue weighted by atomic mass is 19.4. The summed E-state index contributed by atoms with van der Waals surface area (Å²) in [4.78, 5) is 4.33. The topological polar surface area (TPSA) is 84.4 Å². The van der Waals surface area contributed by atoms with Crippen LogP contribution in [0.4, 0.5) is 13.2 Å². The van der Waals surface area contributed by atoms with Gasteiger partial charge in [0.15, 0.2) is 5.69 Å². The fourth-order valence-electron chi connectivity index (χ4n) is 3.63. The molecule has 0 radical (unpaired) electrons. The minimum absolute atomic E-state index is 0.161. The van der Waals surface area contributed by atoms with Gasteiger partial charge in [-0.25, -0.2) is 0 Å². The lowest BCUT2D eigenvalue weighted by Gasteiger charge is -2.24. The normalized spacial score (nSPS) is 15.7. The molecule has 3 heterocycles. The number of hydrogen-bond donors (Lipinski definition) is 0. The molecule has 1 aliphatic heterocycles. The third-order valence-corrected chi connectivity index (χ3v) is 5.19. The molecule has 0 aliphatic carbocycles. The van der Waals surface area contributed by atoms with Crippen LogP contribution in [0, 0.1) is 0 Å². The van der Waals surface area contributed by atoms with E-state index in [0.29, 0.717) is 31.0 Å². The Morgan fingerprint density at radius 2 is 1.79 bits per heavy atom. The van der Waals surface area contributed by atoms with Gasteiger partial charge in [-0.15, -0.1) is 13.2 Å². The Hall–Kier alpha value is -3.86. The minimum atomic E-state index is -4.75. The maximum Gasteiger partial charge on any atom is 0.573 e. The van der Waals surface area contributed by atoms with Gasteiger partial charge in [0.05, 0.1) is 25.5 Å². The van der Waals surface area contributed by atoms with Crippen molar-refractivity contribution in [3.8, 4) is 34.5 Å². The number of aromatic nitrogens is 4. The number of rotatable bonds is 6. The van der Waals surface area contributed by atoms with Crippen LogP contribution in [0.25, 0.3) is 23.0 Å². The van der Waals surface area contributed by atoms with Crippen molar-refractivity contribution in [1.82, 2.24) is 19.9 Å². The predicted molar refractivity (Wildman–Crippen MR) is 113 cm³/mol. The van der Waals surface area contributed by atoms with Gasteiger partial charge >= 0.3 is 6.36 Å². The Morgan fingerprint density at radius 1 is 1.06 bits per heavy atom. The largest absolute Gasteiger partial charge is 0.573 e. The number of ether oxygens (including phenoxy) is 3. The lowest BCUT2D eigenvalue weighted by Crippen LogP contribution is -2.21. The summed E-state index contributed by atoms with van der Waals surface area (Å²) in [5.74, 6) is 0.899. The first-order valence-electron chi connectivity index (χ1n) is 10.5. The quantitative estimate of drug-likeness (QED) is 0.383. The van der Waals surface area contributed by atoms with Gasteiger partial charge in [0, 0.05) is 5.56 Å². The van der Waals surface area contributed by atoms with Crippen LogP contribution in [-0.4, -0.2) is 32.9 Å². The minimum Gasteiger partial charge on any atom is -0.494 e. The van der Waals surface area contributed by atoms with Crippen LogP contribution < -0.4 is 9.47 Å². The monoisotopic (exact) mass is 472 g/mol. The van der Waals surface area contributed by atoms with Crippen molar-refractivity contribution in [3.05, 3.63) is 65.9 Å². The van der Waals surface area contributed by atoms with Gasteiger partial charge in [-0.2, -0.15) is 10.1 Å². The van der Waals surface area contributed by atoms with Crippen LogP contribution in [0.15, 0.2) is 59.1 Å². The summed E-state index contributed by atoms with van der Waals surface area (Å²) >= 11 is 0. The molecule has 176 valence electrons. The highest BCUT2D eigenvalue weighted by Gasteiger charge is 2.31. The van der Waals surface area contributed by atoms with E-state index >= 15 is 0 Å². The Balaban J connectivity index is 1.30. The second-order valence-electron chi connectivity index (χ2n) is 7.50. The molecule has 0 N–H and O–H groups in total. The Bertz CT molecular complexity index is 1270. The molecule has 1 atom stereocenters. The van der Waals surface area contributed by atoms with Crippen molar-refractivity contribution in [3.63, 3.8) is 0 Å². The van der Waals surface area contributed by atoms with Crippen molar-refractivity contribution in [2.45, 2.75) is 32.5 Å². The summed E-state index contributed by atoms with van der Waals surface area (Å²) in [5.41, 5.74) is 2.85. The van der Waals surface area contributed by atoms with E-state index in [9.17, 15) is 13.2 Å². The van der Waals surface area contributed by atoms with Gasteiger partial charge < -0.3 is 18.7 Å². The van der Waals surface area contributed by atoms with E-state index in [1.54, 1.807) is 0 Å². The maximum absolute atomic E-state index is 12.3. The van der Waals surface area contributed by atoms with Gasteiger partial charge in [-0.3, -0.25) is 4.68 Å². The molecule has 0 unspecified atom stereocenters. The second-order valence-corrected chi connectivity index (χ2v) is 7.50. The molecule has 34 heavy (non-hydrogen) atoms. The number of alkyl halides is 3. The van der Waals surface area contributed by atoms with E-state index in [-0.39, 0.29) is 23.6 Å². The predicted octanol–water partition coefficient (Wildman–Crippen LogP) is 5.17. The number of fused-ring (bicyclic) bond motifs is 1. The first-order chi connectivity index (χ1) is 16.4. The highest BCUT2D eigenvalue weighted by Crippen LogP contribution is 2.31. The molecule has 0 saturated heterocycles. The summed E-state index contributed by atoms with van der Waals surface area (Å²) in [6.07, 6.45) is -4.91. The van der Waals surface area contributed by atoms with Crippen molar-refractivity contribution < 1.29 is 31.9 Å². The maximum atomic E-state index is 12.3. The second kappa shape index (κ2) is 8.82. The number of halogens is 3. The molecule has 2 aromatic carbocycles. The van der Waals surface area contributed by atoms with Crippen LogP contribution in [-0.2, 0) is 17.9 Å². The Kier molecular flexibility index (Phi) is 5.70. The zero-order valence-electron chi connectivity index (χ0n) is 18.0. The van der Waals surface area contributed by atoms with E-state index in [1.165, 1.54) is 24.3 Å². The summed E-state index contributed by atoms with van der Waals surface area (Å²) in [6.45, 7) is 3.43. The lowest BCUT2D eigenvalue weighted by atomic mass is 10.1. The zero-order chi connectivity index (χ0) is 23.7. The number of hydrogen-bond acceptors (Lipinski definition) is 7. The van der Waals surface area contributed by atoms with Crippen LogP contribution >= 0.6 is 0 Å². The third-order valence-electron chi connectivity index (χ3n) is 5.19. The number of benzene rings is 2. The molecule has 4 aromatic rings. The average Bonchev–Trinajstić information content (AvgIpc) is 3.46. The molecular formula is C23H19F3N4O4. The molecule has 1 aliphatic rings.